The van der Waals surface area contributed by atoms with Gasteiger partial charge in [0.1, 0.15) is 11.6 Å². The second-order valence-corrected chi connectivity index (χ2v) is 18.5. The van der Waals surface area contributed by atoms with Crippen molar-refractivity contribution >= 4 is 50.1 Å². The van der Waals surface area contributed by atoms with Gasteiger partial charge in [-0.25, -0.2) is 19.2 Å². The van der Waals surface area contributed by atoms with Gasteiger partial charge in [0.15, 0.2) is 22.5 Å². The van der Waals surface area contributed by atoms with Crippen LogP contribution in [-0.2, 0) is 17.7 Å². The summed E-state index contributed by atoms with van der Waals surface area (Å²) in [5, 5.41) is 31.6. The lowest BCUT2D eigenvalue weighted by molar-refractivity contribution is -0.247. The van der Waals surface area contributed by atoms with Gasteiger partial charge >= 0.3 is 5.97 Å². The summed E-state index contributed by atoms with van der Waals surface area (Å²) in [6.07, 6.45) is 10.2. The Morgan fingerprint density at radius 1 is 1.02 bits per heavy atom. The first-order chi connectivity index (χ1) is 26.3. The number of carboxylic acids is 1. The van der Waals surface area contributed by atoms with Crippen molar-refractivity contribution in [3.8, 4) is 11.1 Å². The summed E-state index contributed by atoms with van der Waals surface area (Å²) in [6, 6.07) is 8.58. The lowest BCUT2D eigenvalue weighted by Gasteiger charge is -2.69. The molecule has 0 amide bonds. The first-order valence-corrected chi connectivity index (χ1v) is 20.1. The van der Waals surface area contributed by atoms with E-state index in [2.05, 4.69) is 44.3 Å². The number of halogens is 1. The molecule has 2 unspecified atom stereocenters. The molecule has 5 aliphatic rings. The van der Waals surface area contributed by atoms with E-state index in [4.69, 9.17) is 14.8 Å². The predicted molar refractivity (Wildman–Crippen MR) is 211 cm³/mol. The Bertz CT molecular complexity index is 2320. The van der Waals surface area contributed by atoms with Gasteiger partial charge in [0.25, 0.3) is 0 Å². The topological polar surface area (TPSA) is 143 Å². The number of carbonyl (C=O) groups is 1. The summed E-state index contributed by atoms with van der Waals surface area (Å²) >= 11 is 1.23. The van der Waals surface area contributed by atoms with Gasteiger partial charge in [-0.15, -0.1) is 10.2 Å². The smallest absolute Gasteiger partial charge is 0.355 e. The molecule has 5 heterocycles. The average Bonchev–Trinajstić information content (AvgIpc) is 3.70. The molecule has 4 aromatic heterocycles. The number of rotatable bonds is 11. The van der Waals surface area contributed by atoms with E-state index in [1.807, 2.05) is 37.9 Å². The number of benzene rings is 1. The number of pyridine rings is 1. The first-order valence-electron chi connectivity index (χ1n) is 19.3. The molecule has 3 N–H and O–H groups in total. The van der Waals surface area contributed by atoms with Crippen LogP contribution in [0.4, 0.5) is 27.0 Å². The average molecular weight is 766 g/mol. The molecule has 12 nitrogen and oxygen atoms in total. The number of nitrogens with one attached hydrogen (secondary N) is 2. The fraction of sp³-hybridized carbons (Fsp3) is 0.512. The van der Waals surface area contributed by atoms with Crippen molar-refractivity contribution < 1.29 is 19.0 Å². The monoisotopic (exact) mass is 765 g/mol. The van der Waals surface area contributed by atoms with Crippen molar-refractivity contribution in [2.75, 3.05) is 37.0 Å². The Balaban J connectivity index is 0.990. The van der Waals surface area contributed by atoms with E-state index < -0.39 is 5.97 Å². The number of ether oxygens (including phenoxy) is 1. The van der Waals surface area contributed by atoms with Crippen LogP contribution < -0.4 is 15.5 Å². The summed E-state index contributed by atoms with van der Waals surface area (Å²) in [7, 11) is 1.97. The van der Waals surface area contributed by atoms with Crippen molar-refractivity contribution in [3.05, 3.63) is 64.9 Å². The van der Waals surface area contributed by atoms with Crippen molar-refractivity contribution in [2.45, 2.75) is 91.2 Å². The van der Waals surface area contributed by atoms with E-state index in [1.54, 1.807) is 18.3 Å². The van der Waals surface area contributed by atoms with Gasteiger partial charge in [-0.05, 0) is 113 Å². The normalized spacial score (nSPS) is 26.8. The van der Waals surface area contributed by atoms with Gasteiger partial charge in [-0.2, -0.15) is 5.10 Å². The van der Waals surface area contributed by atoms with Gasteiger partial charge in [-0.3, -0.25) is 4.68 Å². The Morgan fingerprint density at radius 3 is 2.56 bits per heavy atom. The maximum Gasteiger partial charge on any atom is 0.355 e. The Hall–Kier alpha value is -4.53. The molecule has 0 spiro atoms. The molecule has 4 fully saturated rings. The minimum Gasteiger partial charge on any atom is -0.476 e. The SMILES string of the molecule is CNCCOC12CC3(C)CC(C)(CC(Cn4ncc(-c5ccc(N6CCCc7c6nnc(Nc6nc8cccc(F)c8s6)c7C)nc5C(=O)O)c4C)(C3)C1)C2. The molecule has 5 aromatic rings. The number of thiazole rings is 1. The van der Waals surface area contributed by atoms with Crippen LogP contribution >= 0.6 is 11.3 Å². The second-order valence-electron chi connectivity index (χ2n) is 17.5. The van der Waals surface area contributed by atoms with Crippen molar-refractivity contribution in [1.82, 2.24) is 35.3 Å². The maximum atomic E-state index is 14.3. The molecule has 4 bridgehead atoms. The molecule has 4 aliphatic carbocycles. The summed E-state index contributed by atoms with van der Waals surface area (Å²) in [5.74, 6) is 0.294. The lowest BCUT2D eigenvalue weighted by Crippen LogP contribution is -2.64. The number of likely N-dealkylation sites (N-methyl/N-ethyl adjacent to an activating group) is 1. The fourth-order valence-corrected chi connectivity index (χ4v) is 12.5. The van der Waals surface area contributed by atoms with Crippen LogP contribution in [0.25, 0.3) is 21.3 Å². The van der Waals surface area contributed by atoms with Gasteiger partial charge in [0, 0.05) is 47.6 Å². The molecule has 2 atom stereocenters. The summed E-state index contributed by atoms with van der Waals surface area (Å²) in [4.78, 5) is 24.1. The van der Waals surface area contributed by atoms with Crippen LogP contribution in [0.5, 0.6) is 0 Å². The zero-order chi connectivity index (χ0) is 38.3. The van der Waals surface area contributed by atoms with Gasteiger partial charge in [0.05, 0.1) is 28.6 Å². The number of hydrogen-bond acceptors (Lipinski definition) is 11. The van der Waals surface area contributed by atoms with Crippen molar-refractivity contribution in [1.29, 1.82) is 0 Å². The largest absolute Gasteiger partial charge is 0.476 e. The Labute approximate surface area is 323 Å². The number of aromatic nitrogens is 6. The zero-order valence-corrected chi connectivity index (χ0v) is 32.9. The summed E-state index contributed by atoms with van der Waals surface area (Å²) < 4.78 is 23.7. The van der Waals surface area contributed by atoms with E-state index in [0.29, 0.717) is 51.5 Å². The third kappa shape index (κ3) is 6.26. The van der Waals surface area contributed by atoms with Gasteiger partial charge < -0.3 is 25.4 Å². The molecule has 288 valence electrons. The number of nitrogens with zero attached hydrogens (tertiary/aromatic N) is 7. The molecule has 1 aromatic carbocycles. The zero-order valence-electron chi connectivity index (χ0n) is 32.1. The molecule has 1 aliphatic heterocycles. The third-order valence-electron chi connectivity index (χ3n) is 12.6. The van der Waals surface area contributed by atoms with Crippen LogP contribution in [0.1, 0.15) is 86.1 Å². The molecule has 0 saturated heterocycles. The Kier molecular flexibility index (Phi) is 8.55. The van der Waals surface area contributed by atoms with Gasteiger partial charge in [0.2, 0.25) is 0 Å². The van der Waals surface area contributed by atoms with E-state index in [9.17, 15) is 14.3 Å². The van der Waals surface area contributed by atoms with Crippen LogP contribution in [0.3, 0.4) is 0 Å². The van der Waals surface area contributed by atoms with Crippen molar-refractivity contribution in [3.63, 3.8) is 0 Å². The number of carboxylic acid groups (broad SMARTS) is 1. The number of hydrogen-bond donors (Lipinski definition) is 3. The highest BCUT2D eigenvalue weighted by Crippen LogP contribution is 2.72. The quantitative estimate of drug-likeness (QED) is 0.113. The fourth-order valence-electron chi connectivity index (χ4n) is 11.7. The van der Waals surface area contributed by atoms with Crippen molar-refractivity contribution in [2.24, 2.45) is 16.2 Å². The highest BCUT2D eigenvalue weighted by atomic mass is 32.1. The molecule has 55 heavy (non-hydrogen) atoms. The number of anilines is 4. The van der Waals surface area contributed by atoms with E-state index in [0.717, 1.165) is 80.4 Å². The number of fused-ring (bicyclic) bond motifs is 2. The molecule has 4 saturated carbocycles. The highest BCUT2D eigenvalue weighted by molar-refractivity contribution is 7.22. The van der Waals surface area contributed by atoms with Crippen LogP contribution in [0, 0.1) is 35.9 Å². The van der Waals surface area contributed by atoms with Crippen LogP contribution in [-0.4, -0.2) is 73.4 Å². The lowest BCUT2D eigenvalue weighted by atomic mass is 9.39. The predicted octanol–water partition coefficient (Wildman–Crippen LogP) is 7.98. The third-order valence-corrected chi connectivity index (χ3v) is 13.6. The second kappa shape index (κ2) is 13.0. The van der Waals surface area contributed by atoms with Crippen LogP contribution in [0.15, 0.2) is 36.5 Å². The molecule has 0 radical (unpaired) electrons. The number of aromatic carboxylic acids is 1. The van der Waals surface area contributed by atoms with E-state index in [1.165, 1.54) is 23.8 Å². The van der Waals surface area contributed by atoms with E-state index in [-0.39, 0.29) is 33.4 Å². The van der Waals surface area contributed by atoms with E-state index >= 15 is 0 Å². The highest BCUT2D eigenvalue weighted by Gasteiger charge is 2.66. The Morgan fingerprint density at radius 2 is 1.82 bits per heavy atom. The minimum atomic E-state index is -1.10. The summed E-state index contributed by atoms with van der Waals surface area (Å²) in [5.41, 5.74) is 5.14. The molecular weight excluding hydrogens is 718 g/mol. The van der Waals surface area contributed by atoms with Crippen LogP contribution in [0.2, 0.25) is 0 Å². The minimum absolute atomic E-state index is 0.0231. The molecule has 14 heteroatoms. The first kappa shape index (κ1) is 36.1. The molecule has 10 rings (SSSR count). The summed E-state index contributed by atoms with van der Waals surface area (Å²) in [6.45, 7) is 11.9. The maximum absolute atomic E-state index is 14.3. The van der Waals surface area contributed by atoms with Gasteiger partial charge in [-0.1, -0.05) is 31.3 Å². The molecular formula is C41H48FN9O3S. The standard InChI is InChI=1S/C41H48FN9O3S/c1-24-26-8-7-14-50(35(26)49-48-34(24)47-37-45-30-10-6-9-29(42)33(30)55-37)31-12-11-27(32(46-31)36(52)53)28-16-44-51(25(28)2)23-40-18-38(3)17-39(4,19-40)21-41(20-38,22-40)54-15-13-43-5/h6,9-12,16,43H,7-8,13-15,17-23H2,1-5H3,(H,52,53)(H,45,47,48).